The lowest BCUT2D eigenvalue weighted by atomic mass is 10.1. The van der Waals surface area contributed by atoms with Crippen molar-refractivity contribution in [3.8, 4) is 0 Å². The topological polar surface area (TPSA) is 112 Å². The number of unbranched alkanes of at least 4 members (excludes halogenated alkanes) is 3. The molecule has 0 bridgehead atoms. The Labute approximate surface area is 233 Å². The fourth-order valence-electron chi connectivity index (χ4n) is 4.63. The minimum Gasteiger partial charge on any atom is -0.478 e. The van der Waals surface area contributed by atoms with Crippen molar-refractivity contribution in [3.05, 3.63) is 59.2 Å². The predicted octanol–water partition coefficient (Wildman–Crippen LogP) is 4.78. The molecule has 1 fully saturated rings. The molecule has 0 atom stereocenters. The molecule has 39 heavy (non-hydrogen) atoms. The lowest BCUT2D eigenvalue weighted by molar-refractivity contribution is -0.112. The van der Waals surface area contributed by atoms with Crippen LogP contribution in [0, 0.1) is 0 Å². The standard InChI is InChI=1S/C29H36N4O5S/c1-2-3-4-5-14-33-25-13-12-23(39-19-6-7-21-8-10-22(11-9-21)28(35)36)20-24(25)26(27(33)34)30-31-29(37)32-15-17-38-18-16-32/h8-13,20H,2-7,14-19H2,1H3,(H,31,37)(H,35,36)/b30-26-. The number of thioether (sulfide) groups is 1. The summed E-state index contributed by atoms with van der Waals surface area (Å²) in [5.41, 5.74) is 5.83. The molecule has 2 aromatic rings. The Morgan fingerprint density at radius 3 is 2.54 bits per heavy atom. The van der Waals surface area contributed by atoms with Gasteiger partial charge in [-0.3, -0.25) is 4.79 Å². The molecular weight excluding hydrogens is 516 g/mol. The molecule has 0 aliphatic carbocycles. The third-order valence-corrected chi connectivity index (χ3v) is 7.92. The summed E-state index contributed by atoms with van der Waals surface area (Å²) in [5.74, 6) is -0.236. The first-order valence-electron chi connectivity index (χ1n) is 13.6. The van der Waals surface area contributed by atoms with Gasteiger partial charge >= 0.3 is 12.0 Å². The van der Waals surface area contributed by atoms with Gasteiger partial charge in [0.2, 0.25) is 0 Å². The van der Waals surface area contributed by atoms with E-state index in [1.807, 2.05) is 30.3 Å². The molecule has 4 rings (SSSR count). The molecule has 0 saturated carbocycles. The van der Waals surface area contributed by atoms with Crippen molar-refractivity contribution in [2.24, 2.45) is 5.10 Å². The van der Waals surface area contributed by atoms with Gasteiger partial charge in [-0.2, -0.15) is 5.10 Å². The number of carbonyl (C=O) groups is 3. The van der Waals surface area contributed by atoms with E-state index in [0.717, 1.165) is 66.0 Å². The van der Waals surface area contributed by atoms with Crippen LogP contribution in [0.1, 0.15) is 60.5 Å². The fraction of sp³-hybridized carbons (Fsp3) is 0.448. The lowest BCUT2D eigenvalue weighted by Gasteiger charge is -2.25. The van der Waals surface area contributed by atoms with E-state index in [1.54, 1.807) is 33.7 Å². The Kier molecular flexibility index (Phi) is 10.4. The summed E-state index contributed by atoms with van der Waals surface area (Å²) in [4.78, 5) is 41.5. The van der Waals surface area contributed by atoms with Crippen molar-refractivity contribution >= 4 is 41.1 Å². The van der Waals surface area contributed by atoms with E-state index in [2.05, 4.69) is 17.5 Å². The predicted molar refractivity (Wildman–Crippen MR) is 153 cm³/mol. The number of hydrazone groups is 1. The van der Waals surface area contributed by atoms with Gasteiger partial charge in [-0.25, -0.2) is 15.0 Å². The number of morpholine rings is 1. The molecule has 2 aliphatic heterocycles. The van der Waals surface area contributed by atoms with Crippen molar-refractivity contribution in [3.63, 3.8) is 0 Å². The monoisotopic (exact) mass is 552 g/mol. The van der Waals surface area contributed by atoms with E-state index in [-0.39, 0.29) is 17.6 Å². The summed E-state index contributed by atoms with van der Waals surface area (Å²) >= 11 is 1.70. The SMILES string of the molecule is CCCCCCN1C(=O)/C(=N\NC(=O)N2CCOCC2)c2cc(SCCCc3ccc(C(=O)O)cc3)ccc21. The number of hydrogen-bond donors (Lipinski definition) is 2. The van der Waals surface area contributed by atoms with Gasteiger partial charge in [0.15, 0.2) is 5.71 Å². The average Bonchev–Trinajstić information content (AvgIpc) is 3.22. The number of benzene rings is 2. The molecule has 0 aromatic heterocycles. The number of hydrogen-bond acceptors (Lipinski definition) is 6. The van der Waals surface area contributed by atoms with Gasteiger partial charge < -0.3 is 19.6 Å². The average molecular weight is 553 g/mol. The fourth-order valence-corrected chi connectivity index (χ4v) is 5.52. The van der Waals surface area contributed by atoms with Crippen molar-refractivity contribution in [1.29, 1.82) is 0 Å². The van der Waals surface area contributed by atoms with Crippen LogP contribution in [0.25, 0.3) is 0 Å². The van der Waals surface area contributed by atoms with Gasteiger partial charge in [0.25, 0.3) is 5.91 Å². The molecule has 2 heterocycles. The van der Waals surface area contributed by atoms with Crippen LogP contribution >= 0.6 is 11.8 Å². The second-order valence-corrected chi connectivity index (χ2v) is 10.8. The van der Waals surface area contributed by atoms with Crippen LogP contribution in [0.5, 0.6) is 0 Å². The highest BCUT2D eigenvalue weighted by molar-refractivity contribution is 7.99. The van der Waals surface area contributed by atoms with Gasteiger partial charge in [-0.1, -0.05) is 38.3 Å². The maximum atomic E-state index is 13.4. The maximum Gasteiger partial charge on any atom is 0.337 e. The largest absolute Gasteiger partial charge is 0.478 e. The van der Waals surface area contributed by atoms with E-state index in [0.29, 0.717) is 38.4 Å². The van der Waals surface area contributed by atoms with Crippen molar-refractivity contribution in [1.82, 2.24) is 10.3 Å². The molecule has 1 saturated heterocycles. The van der Waals surface area contributed by atoms with Gasteiger partial charge in [0, 0.05) is 30.1 Å². The smallest absolute Gasteiger partial charge is 0.337 e. The summed E-state index contributed by atoms with van der Waals surface area (Å²) in [6.45, 7) is 4.75. The second-order valence-electron chi connectivity index (χ2n) is 9.63. The van der Waals surface area contributed by atoms with Crippen LogP contribution in [0.3, 0.4) is 0 Å². The van der Waals surface area contributed by atoms with Gasteiger partial charge in [-0.15, -0.1) is 11.8 Å². The van der Waals surface area contributed by atoms with Crippen molar-refractivity contribution < 1.29 is 24.2 Å². The molecule has 0 spiro atoms. The Bertz CT molecular complexity index is 1190. The third kappa shape index (κ3) is 7.60. The van der Waals surface area contributed by atoms with Crippen molar-refractivity contribution in [2.45, 2.75) is 50.3 Å². The highest BCUT2D eigenvalue weighted by atomic mass is 32.2. The number of rotatable bonds is 12. The molecule has 208 valence electrons. The number of urea groups is 1. The lowest BCUT2D eigenvalue weighted by Crippen LogP contribution is -2.45. The molecule has 0 unspecified atom stereocenters. The third-order valence-electron chi connectivity index (χ3n) is 6.84. The highest BCUT2D eigenvalue weighted by Gasteiger charge is 2.34. The number of carboxylic acid groups (broad SMARTS) is 1. The first-order chi connectivity index (χ1) is 19.0. The molecule has 9 nitrogen and oxygen atoms in total. The number of aryl methyl sites for hydroxylation is 1. The van der Waals surface area contributed by atoms with Crippen LogP contribution in [0.4, 0.5) is 10.5 Å². The molecular formula is C29H36N4O5S. The van der Waals surface area contributed by atoms with Crippen LogP contribution in [-0.2, 0) is 16.0 Å². The number of aromatic carboxylic acids is 1. The number of amides is 3. The van der Waals surface area contributed by atoms with E-state index < -0.39 is 5.97 Å². The molecule has 2 aromatic carbocycles. The number of carbonyl (C=O) groups excluding carboxylic acids is 2. The van der Waals surface area contributed by atoms with Crippen molar-refractivity contribution in [2.75, 3.05) is 43.5 Å². The first kappa shape index (κ1) is 28.6. The number of anilines is 1. The molecule has 0 radical (unpaired) electrons. The zero-order valence-electron chi connectivity index (χ0n) is 22.4. The number of ether oxygens (including phenoxy) is 1. The molecule has 3 amide bonds. The molecule has 10 heteroatoms. The van der Waals surface area contributed by atoms with E-state index >= 15 is 0 Å². The van der Waals surface area contributed by atoms with Gasteiger partial charge in [0.05, 0.1) is 24.5 Å². The Hall–Kier alpha value is -3.37. The first-order valence-corrected chi connectivity index (χ1v) is 14.6. The van der Waals surface area contributed by atoms with Crippen LogP contribution < -0.4 is 10.3 Å². The van der Waals surface area contributed by atoms with E-state index in [1.165, 1.54) is 0 Å². The van der Waals surface area contributed by atoms with E-state index in [4.69, 9.17) is 9.84 Å². The normalized spacial score (nSPS) is 16.0. The quantitative estimate of drug-likeness (QED) is 0.223. The maximum absolute atomic E-state index is 13.4. The Balaban J connectivity index is 1.42. The van der Waals surface area contributed by atoms with Crippen LogP contribution in [0.2, 0.25) is 0 Å². The van der Waals surface area contributed by atoms with Crippen LogP contribution in [-0.4, -0.2) is 72.2 Å². The summed E-state index contributed by atoms with van der Waals surface area (Å²) < 4.78 is 5.31. The second kappa shape index (κ2) is 14.1. The minimum absolute atomic E-state index is 0.185. The molecule has 2 N–H and O–H groups in total. The van der Waals surface area contributed by atoms with Gasteiger partial charge in [-0.05, 0) is 60.9 Å². The summed E-state index contributed by atoms with van der Waals surface area (Å²) in [6.07, 6.45) is 6.00. The summed E-state index contributed by atoms with van der Waals surface area (Å²) in [6, 6.07) is 12.7. The highest BCUT2D eigenvalue weighted by Crippen LogP contribution is 2.34. The summed E-state index contributed by atoms with van der Waals surface area (Å²) in [7, 11) is 0. The number of fused-ring (bicyclic) bond motifs is 1. The Morgan fingerprint density at radius 2 is 1.82 bits per heavy atom. The van der Waals surface area contributed by atoms with Crippen LogP contribution in [0.15, 0.2) is 52.5 Å². The van der Waals surface area contributed by atoms with Gasteiger partial charge in [0.1, 0.15) is 0 Å². The number of nitrogens with one attached hydrogen (secondary N) is 1. The zero-order chi connectivity index (χ0) is 27.6. The minimum atomic E-state index is -0.921. The Morgan fingerprint density at radius 1 is 1.05 bits per heavy atom. The number of carboxylic acids is 1. The van der Waals surface area contributed by atoms with E-state index in [9.17, 15) is 14.4 Å². The summed E-state index contributed by atoms with van der Waals surface area (Å²) in [5, 5.41) is 13.4. The zero-order valence-corrected chi connectivity index (χ0v) is 23.2. The molecule has 2 aliphatic rings. The number of nitrogens with zero attached hydrogens (tertiary/aromatic N) is 3.